The summed E-state index contributed by atoms with van der Waals surface area (Å²) in [7, 11) is 0. The maximum absolute atomic E-state index is 6.33. The normalized spacial score (nSPS) is 12.8. The minimum absolute atomic E-state index is 0.199. The summed E-state index contributed by atoms with van der Waals surface area (Å²) in [6.07, 6.45) is 0. The van der Waals surface area contributed by atoms with Crippen LogP contribution in [0.4, 0.5) is 0 Å². The average molecular weight is 384 g/mol. The molecule has 0 saturated carbocycles. The van der Waals surface area contributed by atoms with Crippen molar-refractivity contribution >= 4 is 50.2 Å². The zero-order chi connectivity index (χ0) is 15.1. The molecule has 0 fully saturated rings. The summed E-state index contributed by atoms with van der Waals surface area (Å²) in [5.41, 5.74) is 3.94. The molecule has 3 aromatic rings. The van der Waals surface area contributed by atoms with E-state index in [4.69, 9.17) is 23.2 Å². The van der Waals surface area contributed by atoms with Crippen LogP contribution in [0, 0.1) is 6.92 Å². The van der Waals surface area contributed by atoms with Crippen LogP contribution in [0.5, 0.6) is 0 Å². The van der Waals surface area contributed by atoms with E-state index in [9.17, 15) is 0 Å². The molecule has 5 heteroatoms. The van der Waals surface area contributed by atoms with Crippen molar-refractivity contribution in [1.29, 1.82) is 0 Å². The van der Waals surface area contributed by atoms with Gasteiger partial charge in [0.2, 0.25) is 0 Å². The number of alkyl halides is 1. The van der Waals surface area contributed by atoms with E-state index in [2.05, 4.69) is 25.5 Å². The summed E-state index contributed by atoms with van der Waals surface area (Å²) in [4.78, 5) is 4.67. The van der Waals surface area contributed by atoms with Crippen LogP contribution in [-0.4, -0.2) is 9.55 Å². The first-order valence-corrected chi connectivity index (χ1v) is 8.17. The lowest BCUT2D eigenvalue weighted by Gasteiger charge is -2.14. The van der Waals surface area contributed by atoms with Gasteiger partial charge in [0, 0.05) is 9.50 Å². The van der Waals surface area contributed by atoms with Crippen molar-refractivity contribution in [3.05, 3.63) is 57.3 Å². The molecule has 1 heterocycles. The molecule has 3 rings (SSSR count). The van der Waals surface area contributed by atoms with Gasteiger partial charge >= 0.3 is 0 Å². The number of aromatic nitrogens is 2. The zero-order valence-corrected chi connectivity index (χ0v) is 14.7. The zero-order valence-electron chi connectivity index (χ0n) is 11.6. The molecule has 0 bridgehead atoms. The third kappa shape index (κ3) is 2.59. The van der Waals surface area contributed by atoms with Crippen molar-refractivity contribution in [1.82, 2.24) is 9.55 Å². The third-order valence-corrected chi connectivity index (χ3v) is 4.58. The smallest absolute Gasteiger partial charge is 0.132 e. The number of benzene rings is 2. The second kappa shape index (κ2) is 5.64. The van der Waals surface area contributed by atoms with Crippen molar-refractivity contribution in [2.75, 3.05) is 0 Å². The predicted octanol–water partition coefficient (Wildman–Crippen LogP) is 6.05. The summed E-state index contributed by atoms with van der Waals surface area (Å²) < 4.78 is 3.09. The van der Waals surface area contributed by atoms with Gasteiger partial charge in [0.15, 0.2) is 0 Å². The number of nitrogens with zero attached hydrogens (tertiary/aromatic N) is 2. The Balaban J connectivity index is 2.41. The Bertz CT molecular complexity index is 825. The Morgan fingerprint density at radius 2 is 2.00 bits per heavy atom. The Hall–Kier alpha value is -1.03. The molecule has 0 aliphatic carbocycles. The molecule has 0 N–H and O–H groups in total. The Labute approximate surface area is 141 Å². The van der Waals surface area contributed by atoms with Gasteiger partial charge < -0.3 is 0 Å². The summed E-state index contributed by atoms with van der Waals surface area (Å²) in [6, 6.07) is 11.9. The fourth-order valence-corrected chi connectivity index (χ4v) is 3.09. The Morgan fingerprint density at radius 3 is 2.71 bits per heavy atom. The first-order chi connectivity index (χ1) is 9.99. The van der Waals surface area contributed by atoms with Crippen LogP contribution in [0.15, 0.2) is 40.9 Å². The number of hydrogen-bond donors (Lipinski definition) is 0. The number of fused-ring (bicyclic) bond motifs is 1. The van der Waals surface area contributed by atoms with Gasteiger partial charge in [0.1, 0.15) is 5.82 Å². The minimum atomic E-state index is -0.199. The quantitative estimate of drug-likeness (QED) is 0.492. The number of rotatable bonds is 2. The van der Waals surface area contributed by atoms with Crippen molar-refractivity contribution in [3.8, 4) is 5.69 Å². The van der Waals surface area contributed by atoms with Gasteiger partial charge in [-0.05, 0) is 49.7 Å². The van der Waals surface area contributed by atoms with E-state index < -0.39 is 0 Å². The van der Waals surface area contributed by atoms with E-state index in [1.165, 1.54) is 0 Å². The molecule has 1 atom stereocenters. The highest BCUT2D eigenvalue weighted by atomic mass is 79.9. The fourth-order valence-electron chi connectivity index (χ4n) is 2.43. The summed E-state index contributed by atoms with van der Waals surface area (Å²) in [5, 5.41) is 0.534. The Morgan fingerprint density at radius 1 is 1.24 bits per heavy atom. The molecule has 1 unspecified atom stereocenters. The van der Waals surface area contributed by atoms with Gasteiger partial charge in [-0.25, -0.2) is 4.98 Å². The first kappa shape index (κ1) is 14.9. The van der Waals surface area contributed by atoms with Crippen LogP contribution < -0.4 is 0 Å². The lowest BCUT2D eigenvalue weighted by atomic mass is 10.2. The highest BCUT2D eigenvalue weighted by Gasteiger charge is 2.18. The highest BCUT2D eigenvalue weighted by Crippen LogP contribution is 2.32. The van der Waals surface area contributed by atoms with Crippen LogP contribution in [0.1, 0.15) is 23.7 Å². The van der Waals surface area contributed by atoms with Crippen LogP contribution in [0.3, 0.4) is 0 Å². The van der Waals surface area contributed by atoms with Crippen molar-refractivity contribution in [3.63, 3.8) is 0 Å². The van der Waals surface area contributed by atoms with E-state index >= 15 is 0 Å². The third-order valence-electron chi connectivity index (χ3n) is 3.48. The summed E-state index contributed by atoms with van der Waals surface area (Å²) in [5.74, 6) is 0.815. The van der Waals surface area contributed by atoms with Crippen molar-refractivity contribution in [2.45, 2.75) is 19.2 Å². The minimum Gasteiger partial charge on any atom is -0.295 e. The van der Waals surface area contributed by atoms with E-state index in [0.717, 1.165) is 37.6 Å². The van der Waals surface area contributed by atoms with Crippen molar-refractivity contribution in [2.24, 2.45) is 0 Å². The van der Waals surface area contributed by atoms with Gasteiger partial charge in [0.05, 0.1) is 22.1 Å². The molecule has 2 aromatic carbocycles. The largest absolute Gasteiger partial charge is 0.295 e. The Kier molecular flexibility index (Phi) is 4.00. The molecule has 0 spiro atoms. The van der Waals surface area contributed by atoms with E-state index in [-0.39, 0.29) is 5.38 Å². The number of halogens is 3. The molecule has 2 nitrogen and oxygen atoms in total. The molecule has 0 amide bonds. The maximum Gasteiger partial charge on any atom is 0.132 e. The summed E-state index contributed by atoms with van der Waals surface area (Å²) in [6.45, 7) is 3.93. The SMILES string of the molecule is Cc1c(Cl)cccc1-n1c(C(C)Cl)nc2ccc(Br)cc21. The van der Waals surface area contributed by atoms with E-state index in [0.29, 0.717) is 0 Å². The van der Waals surface area contributed by atoms with Gasteiger partial charge in [-0.3, -0.25) is 4.57 Å². The topological polar surface area (TPSA) is 17.8 Å². The van der Waals surface area contributed by atoms with Crippen molar-refractivity contribution < 1.29 is 0 Å². The predicted molar refractivity (Wildman–Crippen MR) is 92.8 cm³/mol. The average Bonchev–Trinajstić information content (AvgIpc) is 2.80. The van der Waals surface area contributed by atoms with E-state index in [1.54, 1.807) is 0 Å². The van der Waals surface area contributed by atoms with Crippen LogP contribution in [0.25, 0.3) is 16.7 Å². The number of hydrogen-bond acceptors (Lipinski definition) is 1. The van der Waals surface area contributed by atoms with E-state index in [1.807, 2.05) is 50.2 Å². The molecule has 0 aliphatic heterocycles. The lowest BCUT2D eigenvalue weighted by Crippen LogP contribution is -2.04. The second-order valence-electron chi connectivity index (χ2n) is 4.94. The highest BCUT2D eigenvalue weighted by molar-refractivity contribution is 9.10. The molecule has 1 aromatic heterocycles. The summed E-state index contributed by atoms with van der Waals surface area (Å²) >= 11 is 16.1. The lowest BCUT2D eigenvalue weighted by molar-refractivity contribution is 0.878. The molecular formula is C16H13BrCl2N2. The van der Waals surface area contributed by atoms with Crippen LogP contribution in [-0.2, 0) is 0 Å². The van der Waals surface area contributed by atoms with Gasteiger partial charge in [0.25, 0.3) is 0 Å². The monoisotopic (exact) mass is 382 g/mol. The molecule has 0 saturated heterocycles. The molecule has 0 aliphatic rings. The molecule has 0 radical (unpaired) electrons. The first-order valence-electron chi connectivity index (χ1n) is 6.56. The van der Waals surface area contributed by atoms with Crippen LogP contribution >= 0.6 is 39.1 Å². The maximum atomic E-state index is 6.33. The molecule has 108 valence electrons. The van der Waals surface area contributed by atoms with Gasteiger partial charge in [-0.1, -0.05) is 33.6 Å². The van der Waals surface area contributed by atoms with Gasteiger partial charge in [-0.2, -0.15) is 0 Å². The number of imidazole rings is 1. The standard InChI is InChI=1S/C16H13BrCl2N2/c1-9-12(19)4-3-5-14(9)21-15-8-11(17)6-7-13(15)20-16(21)10(2)18/h3-8,10H,1-2H3. The van der Waals surface area contributed by atoms with Crippen LogP contribution in [0.2, 0.25) is 5.02 Å². The second-order valence-corrected chi connectivity index (χ2v) is 6.92. The fraction of sp³-hybridized carbons (Fsp3) is 0.188. The van der Waals surface area contributed by atoms with Gasteiger partial charge in [-0.15, -0.1) is 11.6 Å². The molecular weight excluding hydrogens is 371 g/mol. The molecule has 21 heavy (non-hydrogen) atoms.